The van der Waals surface area contributed by atoms with Gasteiger partial charge in [-0.05, 0) is 26.7 Å². The minimum Gasteiger partial charge on any atom is -0.462 e. The Balaban J connectivity index is 2.25. The maximum absolute atomic E-state index is 12.2. The Morgan fingerprint density at radius 3 is 2.57 bits per heavy atom. The standard InChI is InChI=1S/C15H19NO6S/c1-3-20-14(18)9-8-23-13(11(9)15(19)21-4-2)16-12(17)10-6-5-7-22-10/h8,10H,3-7H2,1-2H3,(H,16,17). The molecule has 1 saturated heterocycles. The summed E-state index contributed by atoms with van der Waals surface area (Å²) < 4.78 is 15.2. The molecule has 1 aromatic heterocycles. The fourth-order valence-corrected chi connectivity index (χ4v) is 3.11. The van der Waals surface area contributed by atoms with Crippen LogP contribution in [0.1, 0.15) is 47.4 Å². The number of anilines is 1. The van der Waals surface area contributed by atoms with Crippen molar-refractivity contribution >= 4 is 34.2 Å². The maximum atomic E-state index is 12.2. The third-order valence-corrected chi connectivity index (χ3v) is 4.12. The molecule has 0 spiro atoms. The fraction of sp³-hybridized carbons (Fsp3) is 0.533. The van der Waals surface area contributed by atoms with E-state index in [0.717, 1.165) is 17.8 Å². The third kappa shape index (κ3) is 4.08. The summed E-state index contributed by atoms with van der Waals surface area (Å²) in [4.78, 5) is 36.3. The lowest BCUT2D eigenvalue weighted by molar-refractivity contribution is -0.124. The zero-order valence-corrected chi connectivity index (χ0v) is 13.9. The zero-order chi connectivity index (χ0) is 16.8. The van der Waals surface area contributed by atoms with Gasteiger partial charge in [-0.25, -0.2) is 9.59 Å². The number of thiophene rings is 1. The smallest absolute Gasteiger partial charge is 0.342 e. The number of esters is 2. The highest BCUT2D eigenvalue weighted by atomic mass is 32.1. The molecule has 1 aliphatic heterocycles. The molecular formula is C15H19NO6S. The summed E-state index contributed by atoms with van der Waals surface area (Å²) in [5.41, 5.74) is 0.125. The lowest BCUT2D eigenvalue weighted by atomic mass is 10.1. The number of hydrogen-bond donors (Lipinski definition) is 1. The van der Waals surface area contributed by atoms with Crippen LogP contribution < -0.4 is 5.32 Å². The number of carbonyl (C=O) groups is 3. The molecule has 1 unspecified atom stereocenters. The molecule has 2 rings (SSSR count). The monoisotopic (exact) mass is 341 g/mol. The number of rotatable bonds is 6. The molecule has 0 saturated carbocycles. The van der Waals surface area contributed by atoms with E-state index in [1.807, 2.05) is 0 Å². The Labute approximate surface area is 137 Å². The van der Waals surface area contributed by atoms with Crippen molar-refractivity contribution in [2.75, 3.05) is 25.1 Å². The Hall–Kier alpha value is -1.93. The van der Waals surface area contributed by atoms with Gasteiger partial charge in [-0.2, -0.15) is 0 Å². The van der Waals surface area contributed by atoms with Gasteiger partial charge in [0.15, 0.2) is 0 Å². The van der Waals surface area contributed by atoms with Crippen molar-refractivity contribution < 1.29 is 28.6 Å². The van der Waals surface area contributed by atoms with Crippen molar-refractivity contribution in [1.82, 2.24) is 0 Å². The van der Waals surface area contributed by atoms with Crippen LogP contribution in [0, 0.1) is 0 Å². The quantitative estimate of drug-likeness (QED) is 0.798. The zero-order valence-electron chi connectivity index (χ0n) is 13.0. The summed E-state index contributed by atoms with van der Waals surface area (Å²) in [6, 6.07) is 0. The van der Waals surface area contributed by atoms with Gasteiger partial charge in [-0.1, -0.05) is 0 Å². The molecule has 1 aromatic rings. The normalized spacial score (nSPS) is 16.9. The summed E-state index contributed by atoms with van der Waals surface area (Å²) in [7, 11) is 0. The van der Waals surface area contributed by atoms with E-state index in [1.165, 1.54) is 5.38 Å². The van der Waals surface area contributed by atoms with Crippen LogP contribution in [0.15, 0.2) is 5.38 Å². The van der Waals surface area contributed by atoms with E-state index in [4.69, 9.17) is 14.2 Å². The minimum absolute atomic E-state index is 0.0293. The molecule has 1 fully saturated rings. The Kier molecular flexibility index (Phi) is 6.12. The topological polar surface area (TPSA) is 90.9 Å². The van der Waals surface area contributed by atoms with E-state index in [9.17, 15) is 14.4 Å². The van der Waals surface area contributed by atoms with Crippen molar-refractivity contribution in [2.45, 2.75) is 32.8 Å². The molecule has 1 N–H and O–H groups in total. The lowest BCUT2D eigenvalue weighted by Gasteiger charge is -2.11. The van der Waals surface area contributed by atoms with E-state index in [-0.39, 0.29) is 35.2 Å². The average molecular weight is 341 g/mol. The van der Waals surface area contributed by atoms with Gasteiger partial charge in [0.05, 0.1) is 18.8 Å². The molecule has 2 heterocycles. The van der Waals surface area contributed by atoms with Crippen molar-refractivity contribution in [3.63, 3.8) is 0 Å². The van der Waals surface area contributed by atoms with Gasteiger partial charge in [0, 0.05) is 12.0 Å². The van der Waals surface area contributed by atoms with Gasteiger partial charge >= 0.3 is 11.9 Å². The van der Waals surface area contributed by atoms with E-state index in [2.05, 4.69) is 5.32 Å². The average Bonchev–Trinajstić information content (AvgIpc) is 3.17. The highest BCUT2D eigenvalue weighted by Crippen LogP contribution is 2.30. The number of amides is 1. The lowest BCUT2D eigenvalue weighted by Crippen LogP contribution is -2.27. The predicted molar refractivity (Wildman–Crippen MR) is 83.8 cm³/mol. The van der Waals surface area contributed by atoms with Gasteiger partial charge in [0.25, 0.3) is 5.91 Å². The molecular weight excluding hydrogens is 322 g/mol. The first kappa shape index (κ1) is 17.4. The van der Waals surface area contributed by atoms with Crippen LogP contribution in [0.4, 0.5) is 5.00 Å². The molecule has 126 valence electrons. The maximum Gasteiger partial charge on any atom is 0.342 e. The molecule has 1 atom stereocenters. The van der Waals surface area contributed by atoms with Crippen molar-refractivity contribution in [3.05, 3.63) is 16.5 Å². The summed E-state index contributed by atoms with van der Waals surface area (Å²) in [5.74, 6) is -1.62. The van der Waals surface area contributed by atoms with E-state index in [0.29, 0.717) is 13.0 Å². The fourth-order valence-electron chi connectivity index (χ4n) is 2.19. The second kappa shape index (κ2) is 8.07. The van der Waals surface area contributed by atoms with Gasteiger partial charge in [-0.15, -0.1) is 11.3 Å². The molecule has 7 nitrogen and oxygen atoms in total. The van der Waals surface area contributed by atoms with Crippen LogP contribution in [0.3, 0.4) is 0 Å². The molecule has 1 amide bonds. The van der Waals surface area contributed by atoms with Gasteiger partial charge in [0.2, 0.25) is 0 Å². The number of hydrogen-bond acceptors (Lipinski definition) is 7. The number of nitrogens with one attached hydrogen (secondary N) is 1. The highest BCUT2D eigenvalue weighted by Gasteiger charge is 2.29. The van der Waals surface area contributed by atoms with E-state index < -0.39 is 18.0 Å². The molecule has 8 heteroatoms. The summed E-state index contributed by atoms with van der Waals surface area (Å²) in [5, 5.41) is 4.41. The first-order valence-corrected chi connectivity index (χ1v) is 8.34. The number of ether oxygens (including phenoxy) is 3. The minimum atomic E-state index is -0.667. The summed E-state index contributed by atoms with van der Waals surface area (Å²) in [6.07, 6.45) is 0.927. The largest absolute Gasteiger partial charge is 0.462 e. The second-order valence-electron chi connectivity index (χ2n) is 4.79. The van der Waals surface area contributed by atoms with Crippen molar-refractivity contribution in [3.8, 4) is 0 Å². The Morgan fingerprint density at radius 2 is 1.96 bits per heavy atom. The van der Waals surface area contributed by atoms with Crippen LogP contribution >= 0.6 is 11.3 Å². The summed E-state index contributed by atoms with van der Waals surface area (Å²) >= 11 is 1.08. The molecule has 0 aromatic carbocycles. The Morgan fingerprint density at radius 1 is 1.26 bits per heavy atom. The molecule has 0 bridgehead atoms. The van der Waals surface area contributed by atoms with Crippen molar-refractivity contribution in [1.29, 1.82) is 0 Å². The van der Waals surface area contributed by atoms with Crippen LogP contribution in [0.25, 0.3) is 0 Å². The first-order chi connectivity index (χ1) is 11.1. The van der Waals surface area contributed by atoms with Gasteiger partial charge in [-0.3, -0.25) is 4.79 Å². The van der Waals surface area contributed by atoms with Gasteiger partial charge < -0.3 is 19.5 Å². The molecule has 0 aliphatic carbocycles. The SMILES string of the molecule is CCOC(=O)c1csc(NC(=O)C2CCCO2)c1C(=O)OCC. The third-order valence-electron chi connectivity index (χ3n) is 3.22. The predicted octanol–water partition coefficient (Wildman–Crippen LogP) is 2.22. The highest BCUT2D eigenvalue weighted by molar-refractivity contribution is 7.15. The Bertz CT molecular complexity index is 591. The molecule has 23 heavy (non-hydrogen) atoms. The molecule has 1 aliphatic rings. The first-order valence-electron chi connectivity index (χ1n) is 7.46. The van der Waals surface area contributed by atoms with E-state index >= 15 is 0 Å². The second-order valence-corrected chi connectivity index (χ2v) is 5.67. The van der Waals surface area contributed by atoms with Crippen LogP contribution in [0.5, 0.6) is 0 Å². The number of carbonyl (C=O) groups excluding carboxylic acids is 3. The van der Waals surface area contributed by atoms with Gasteiger partial charge in [0.1, 0.15) is 16.7 Å². The van der Waals surface area contributed by atoms with E-state index in [1.54, 1.807) is 13.8 Å². The van der Waals surface area contributed by atoms with Crippen LogP contribution in [0.2, 0.25) is 0 Å². The van der Waals surface area contributed by atoms with Crippen LogP contribution in [-0.2, 0) is 19.0 Å². The van der Waals surface area contributed by atoms with Crippen LogP contribution in [-0.4, -0.2) is 43.8 Å². The molecule has 0 radical (unpaired) electrons. The van der Waals surface area contributed by atoms with Crippen molar-refractivity contribution in [2.24, 2.45) is 0 Å². The summed E-state index contributed by atoms with van der Waals surface area (Å²) in [6.45, 7) is 4.24.